The van der Waals surface area contributed by atoms with Crippen LogP contribution in [0.25, 0.3) is 5.57 Å². The Bertz CT molecular complexity index is 828. The summed E-state index contributed by atoms with van der Waals surface area (Å²) >= 11 is 0. The first-order valence-corrected chi connectivity index (χ1v) is 10.0. The highest BCUT2D eigenvalue weighted by Crippen LogP contribution is 2.26. The standard InChI is InChI=1S/C22H30N4O2/c1-15(2)18-6-8-19(9-7-18)20(16(3)4)14-21(27)25-10-12-26(13-11-25)22-24-23-17(5)28-22/h6-9,14-16H,10-13H2,1-5H3/b20-14+. The zero-order valence-electron chi connectivity index (χ0n) is 17.5. The molecule has 2 heterocycles. The van der Waals surface area contributed by atoms with Crippen LogP contribution in [0.15, 0.2) is 34.8 Å². The summed E-state index contributed by atoms with van der Waals surface area (Å²) in [5.74, 6) is 1.40. The minimum atomic E-state index is 0.0676. The van der Waals surface area contributed by atoms with E-state index in [2.05, 4.69) is 62.2 Å². The van der Waals surface area contributed by atoms with Crippen LogP contribution in [0.5, 0.6) is 0 Å². The van der Waals surface area contributed by atoms with Gasteiger partial charge in [0.05, 0.1) is 0 Å². The van der Waals surface area contributed by atoms with Crippen LogP contribution in [-0.4, -0.2) is 47.2 Å². The lowest BCUT2D eigenvalue weighted by Gasteiger charge is -2.33. The molecule has 6 nitrogen and oxygen atoms in total. The Balaban J connectivity index is 1.69. The van der Waals surface area contributed by atoms with Gasteiger partial charge in [0.15, 0.2) is 0 Å². The third kappa shape index (κ3) is 4.61. The van der Waals surface area contributed by atoms with Crippen LogP contribution >= 0.6 is 0 Å². The van der Waals surface area contributed by atoms with Crippen molar-refractivity contribution in [1.29, 1.82) is 0 Å². The normalized spacial score (nSPS) is 15.6. The molecule has 0 spiro atoms. The fourth-order valence-corrected chi connectivity index (χ4v) is 3.40. The van der Waals surface area contributed by atoms with E-state index in [4.69, 9.17) is 4.42 Å². The Hall–Kier alpha value is -2.63. The topological polar surface area (TPSA) is 62.5 Å². The lowest BCUT2D eigenvalue weighted by atomic mass is 9.92. The van der Waals surface area contributed by atoms with E-state index < -0.39 is 0 Å². The number of piperazine rings is 1. The molecule has 28 heavy (non-hydrogen) atoms. The van der Waals surface area contributed by atoms with Crippen molar-refractivity contribution < 1.29 is 9.21 Å². The highest BCUT2D eigenvalue weighted by atomic mass is 16.4. The van der Waals surface area contributed by atoms with Crippen molar-refractivity contribution in [2.45, 2.75) is 40.5 Å². The number of anilines is 1. The summed E-state index contributed by atoms with van der Waals surface area (Å²) < 4.78 is 5.49. The van der Waals surface area contributed by atoms with Gasteiger partial charge in [0.25, 0.3) is 0 Å². The zero-order valence-corrected chi connectivity index (χ0v) is 17.5. The van der Waals surface area contributed by atoms with E-state index in [1.54, 1.807) is 6.92 Å². The van der Waals surface area contributed by atoms with Crippen LogP contribution in [0.4, 0.5) is 6.01 Å². The monoisotopic (exact) mass is 382 g/mol. The summed E-state index contributed by atoms with van der Waals surface area (Å²) in [6.45, 7) is 13.1. The molecule has 1 amide bonds. The Morgan fingerprint density at radius 3 is 2.18 bits per heavy atom. The smallest absolute Gasteiger partial charge is 0.318 e. The molecule has 1 saturated heterocycles. The maximum Gasteiger partial charge on any atom is 0.318 e. The van der Waals surface area contributed by atoms with Gasteiger partial charge in [0.2, 0.25) is 11.8 Å². The van der Waals surface area contributed by atoms with Crippen molar-refractivity contribution >= 4 is 17.5 Å². The largest absolute Gasteiger partial charge is 0.408 e. The number of amides is 1. The van der Waals surface area contributed by atoms with Crippen molar-refractivity contribution in [3.05, 3.63) is 47.4 Å². The Kier molecular flexibility index (Phi) is 6.17. The van der Waals surface area contributed by atoms with Gasteiger partial charge in [-0.2, -0.15) is 0 Å². The van der Waals surface area contributed by atoms with Gasteiger partial charge in [0, 0.05) is 39.2 Å². The van der Waals surface area contributed by atoms with Gasteiger partial charge in [-0.15, -0.1) is 5.10 Å². The van der Waals surface area contributed by atoms with Crippen molar-refractivity contribution in [2.75, 3.05) is 31.1 Å². The van der Waals surface area contributed by atoms with Gasteiger partial charge in [-0.1, -0.05) is 57.1 Å². The molecule has 1 aliphatic rings. The first-order chi connectivity index (χ1) is 13.3. The summed E-state index contributed by atoms with van der Waals surface area (Å²) in [5, 5.41) is 7.94. The number of carbonyl (C=O) groups excluding carboxylic acids is 1. The van der Waals surface area contributed by atoms with Gasteiger partial charge in [0.1, 0.15) is 0 Å². The average Bonchev–Trinajstić information content (AvgIpc) is 3.12. The molecule has 1 aromatic heterocycles. The van der Waals surface area contributed by atoms with Crippen LogP contribution in [-0.2, 0) is 4.79 Å². The number of nitrogens with zero attached hydrogens (tertiary/aromatic N) is 4. The number of allylic oxidation sites excluding steroid dienone is 1. The third-order valence-corrected chi connectivity index (χ3v) is 5.19. The van der Waals surface area contributed by atoms with Gasteiger partial charge >= 0.3 is 6.01 Å². The molecule has 0 atom stereocenters. The van der Waals surface area contributed by atoms with Crippen molar-refractivity contribution in [1.82, 2.24) is 15.1 Å². The number of benzene rings is 1. The fourth-order valence-electron chi connectivity index (χ4n) is 3.40. The molecule has 0 saturated carbocycles. The molecule has 3 rings (SSSR count). The number of aryl methyl sites for hydroxylation is 1. The molecule has 1 fully saturated rings. The quantitative estimate of drug-likeness (QED) is 0.734. The van der Waals surface area contributed by atoms with E-state index >= 15 is 0 Å². The maximum absolute atomic E-state index is 12.9. The second-order valence-corrected chi connectivity index (χ2v) is 7.95. The highest BCUT2D eigenvalue weighted by Gasteiger charge is 2.23. The molecule has 0 aliphatic carbocycles. The predicted molar refractivity (Wildman–Crippen MR) is 111 cm³/mol. The highest BCUT2D eigenvalue weighted by molar-refractivity contribution is 5.95. The van der Waals surface area contributed by atoms with E-state index in [-0.39, 0.29) is 11.8 Å². The van der Waals surface area contributed by atoms with Crippen LogP contribution in [0, 0.1) is 12.8 Å². The lowest BCUT2D eigenvalue weighted by Crippen LogP contribution is -2.48. The molecule has 1 aromatic carbocycles. The fraction of sp³-hybridized carbons (Fsp3) is 0.500. The van der Waals surface area contributed by atoms with Crippen molar-refractivity contribution in [2.24, 2.45) is 5.92 Å². The van der Waals surface area contributed by atoms with E-state index in [1.807, 2.05) is 15.9 Å². The molecular weight excluding hydrogens is 352 g/mol. The zero-order chi connectivity index (χ0) is 20.3. The van der Waals surface area contributed by atoms with Crippen molar-refractivity contribution in [3.8, 4) is 0 Å². The Morgan fingerprint density at radius 1 is 1.04 bits per heavy atom. The minimum Gasteiger partial charge on any atom is -0.408 e. The molecule has 2 aromatic rings. The second kappa shape index (κ2) is 8.59. The predicted octanol–water partition coefficient (Wildman–Crippen LogP) is 3.89. The second-order valence-electron chi connectivity index (χ2n) is 7.95. The van der Waals surface area contributed by atoms with Crippen LogP contribution in [0.3, 0.4) is 0 Å². The van der Waals surface area contributed by atoms with Crippen LogP contribution in [0.1, 0.15) is 50.6 Å². The summed E-state index contributed by atoms with van der Waals surface area (Å²) in [6, 6.07) is 9.11. The van der Waals surface area contributed by atoms with E-state index in [0.717, 1.165) is 11.1 Å². The van der Waals surface area contributed by atoms with Gasteiger partial charge in [-0.25, -0.2) is 0 Å². The molecule has 150 valence electrons. The number of carbonyl (C=O) groups is 1. The van der Waals surface area contributed by atoms with Gasteiger partial charge < -0.3 is 14.2 Å². The number of hydrogen-bond donors (Lipinski definition) is 0. The molecular formula is C22H30N4O2. The maximum atomic E-state index is 12.9. The lowest BCUT2D eigenvalue weighted by molar-refractivity contribution is -0.126. The first kappa shape index (κ1) is 20.1. The third-order valence-electron chi connectivity index (χ3n) is 5.19. The Morgan fingerprint density at radius 2 is 1.68 bits per heavy atom. The van der Waals surface area contributed by atoms with E-state index in [0.29, 0.717) is 44.0 Å². The summed E-state index contributed by atoms with van der Waals surface area (Å²) in [6.07, 6.45) is 1.81. The van der Waals surface area contributed by atoms with Gasteiger partial charge in [-0.3, -0.25) is 4.79 Å². The molecule has 0 unspecified atom stereocenters. The van der Waals surface area contributed by atoms with Gasteiger partial charge in [-0.05, 0) is 28.5 Å². The number of aromatic nitrogens is 2. The summed E-state index contributed by atoms with van der Waals surface area (Å²) in [4.78, 5) is 16.8. The van der Waals surface area contributed by atoms with E-state index in [9.17, 15) is 4.79 Å². The average molecular weight is 383 g/mol. The number of hydrogen-bond acceptors (Lipinski definition) is 5. The molecule has 6 heteroatoms. The molecule has 1 aliphatic heterocycles. The molecule has 0 bridgehead atoms. The summed E-state index contributed by atoms with van der Waals surface area (Å²) in [5.41, 5.74) is 3.51. The van der Waals surface area contributed by atoms with Crippen LogP contribution in [0.2, 0.25) is 0 Å². The van der Waals surface area contributed by atoms with Crippen molar-refractivity contribution in [3.63, 3.8) is 0 Å². The first-order valence-electron chi connectivity index (χ1n) is 10.0. The molecule has 0 radical (unpaired) electrons. The molecule has 0 N–H and O–H groups in total. The van der Waals surface area contributed by atoms with Crippen LogP contribution < -0.4 is 4.90 Å². The Labute approximate surface area is 167 Å². The van der Waals surface area contributed by atoms with E-state index in [1.165, 1.54) is 5.56 Å². The number of rotatable bonds is 5. The minimum absolute atomic E-state index is 0.0676. The SMILES string of the molecule is Cc1nnc(N2CCN(C(=O)/C=C(/c3ccc(C(C)C)cc3)C(C)C)CC2)o1. The summed E-state index contributed by atoms with van der Waals surface area (Å²) in [7, 11) is 0.